The maximum atomic E-state index is 13.3. The summed E-state index contributed by atoms with van der Waals surface area (Å²) in [4.78, 5) is 12.6. The highest BCUT2D eigenvalue weighted by molar-refractivity contribution is 6.33. The van der Waals surface area contributed by atoms with Gasteiger partial charge in [-0.2, -0.15) is 0 Å². The molecule has 0 aromatic heterocycles. The molecule has 0 radical (unpaired) electrons. The van der Waals surface area contributed by atoms with Crippen LogP contribution in [0.1, 0.15) is 12.5 Å². The van der Waals surface area contributed by atoms with Crippen molar-refractivity contribution in [2.75, 3.05) is 11.9 Å². The molecular weight excluding hydrogens is 233 g/mol. The fourth-order valence-corrected chi connectivity index (χ4v) is 1.64. The number of benzene rings is 1. The van der Waals surface area contributed by atoms with Crippen LogP contribution in [0.4, 0.5) is 10.1 Å². The molecule has 0 aliphatic heterocycles. The van der Waals surface area contributed by atoms with E-state index in [1.54, 1.807) is 6.92 Å². The third kappa shape index (κ3) is 2.51. The zero-order valence-corrected chi connectivity index (χ0v) is 10.0. The minimum atomic E-state index is -1.15. The van der Waals surface area contributed by atoms with Crippen LogP contribution in [-0.4, -0.2) is 24.2 Å². The van der Waals surface area contributed by atoms with E-state index in [2.05, 4.69) is 0 Å². The second kappa shape index (κ2) is 4.80. The first-order chi connectivity index (χ1) is 7.34. The number of nitrogens with zero attached hydrogens (tertiary/aromatic N) is 1. The van der Waals surface area contributed by atoms with Gasteiger partial charge in [0.15, 0.2) is 0 Å². The molecule has 16 heavy (non-hydrogen) atoms. The summed E-state index contributed by atoms with van der Waals surface area (Å²) >= 11 is 5.90. The number of hydrogen-bond donors (Lipinski definition) is 1. The second-order valence-electron chi connectivity index (χ2n) is 3.63. The van der Waals surface area contributed by atoms with Gasteiger partial charge in [0.05, 0.1) is 10.7 Å². The van der Waals surface area contributed by atoms with Crippen molar-refractivity contribution in [3.8, 4) is 0 Å². The Hall–Kier alpha value is -1.13. The van der Waals surface area contributed by atoms with Crippen LogP contribution in [0.2, 0.25) is 5.02 Å². The van der Waals surface area contributed by atoms with Crippen LogP contribution in [0.15, 0.2) is 12.1 Å². The predicted molar refractivity (Wildman–Crippen MR) is 61.2 cm³/mol. The third-order valence-corrected chi connectivity index (χ3v) is 2.58. The van der Waals surface area contributed by atoms with E-state index in [4.69, 9.17) is 16.7 Å². The molecule has 0 aliphatic rings. The Balaban J connectivity index is 3.14. The first-order valence-electron chi connectivity index (χ1n) is 4.76. The Labute approximate surface area is 98.4 Å². The van der Waals surface area contributed by atoms with Gasteiger partial charge in [-0.05, 0) is 31.5 Å². The standard InChI is InChI=1S/C11H13ClFNO2/c1-6-4-8(12)10(5-9(6)13)14(3)11(16)7(2)15/h4-5,7,15H,1-3H3. The highest BCUT2D eigenvalue weighted by atomic mass is 35.5. The minimum absolute atomic E-state index is 0.246. The normalized spacial score (nSPS) is 12.4. The SMILES string of the molecule is Cc1cc(Cl)c(N(C)C(=O)C(C)O)cc1F. The van der Waals surface area contributed by atoms with Gasteiger partial charge in [-0.15, -0.1) is 0 Å². The molecule has 1 N–H and O–H groups in total. The summed E-state index contributed by atoms with van der Waals surface area (Å²) in [5, 5.41) is 9.41. The van der Waals surface area contributed by atoms with Crippen LogP contribution >= 0.6 is 11.6 Å². The van der Waals surface area contributed by atoms with E-state index >= 15 is 0 Å². The number of carbonyl (C=O) groups is 1. The van der Waals surface area contributed by atoms with Crippen molar-refractivity contribution >= 4 is 23.2 Å². The van der Waals surface area contributed by atoms with E-state index in [1.165, 1.54) is 26.1 Å². The molecule has 1 atom stereocenters. The summed E-state index contributed by atoms with van der Waals surface area (Å²) in [6.45, 7) is 2.93. The molecule has 0 aliphatic carbocycles. The van der Waals surface area contributed by atoms with E-state index in [1.807, 2.05) is 0 Å². The quantitative estimate of drug-likeness (QED) is 0.867. The van der Waals surface area contributed by atoms with E-state index < -0.39 is 17.8 Å². The number of aliphatic hydroxyl groups is 1. The molecule has 0 heterocycles. The number of aryl methyl sites for hydroxylation is 1. The summed E-state index contributed by atoms with van der Waals surface area (Å²) in [5.41, 5.74) is 0.655. The van der Waals surface area contributed by atoms with E-state index in [0.29, 0.717) is 5.56 Å². The molecule has 1 aromatic rings. The monoisotopic (exact) mass is 245 g/mol. The van der Waals surface area contributed by atoms with Crippen molar-refractivity contribution < 1.29 is 14.3 Å². The van der Waals surface area contributed by atoms with Crippen LogP contribution in [0.3, 0.4) is 0 Å². The van der Waals surface area contributed by atoms with E-state index in [9.17, 15) is 9.18 Å². The molecule has 88 valence electrons. The Bertz CT molecular complexity index is 421. The van der Waals surface area contributed by atoms with Crippen molar-refractivity contribution in [2.45, 2.75) is 20.0 Å². The zero-order valence-electron chi connectivity index (χ0n) is 9.29. The smallest absolute Gasteiger partial charge is 0.255 e. The largest absolute Gasteiger partial charge is 0.384 e. The van der Waals surface area contributed by atoms with Crippen molar-refractivity contribution in [3.63, 3.8) is 0 Å². The molecule has 5 heteroatoms. The molecule has 1 rings (SSSR count). The predicted octanol–water partition coefficient (Wildman–Crippen LogP) is 2.13. The van der Waals surface area contributed by atoms with Gasteiger partial charge < -0.3 is 10.0 Å². The Kier molecular flexibility index (Phi) is 3.88. The van der Waals surface area contributed by atoms with Gasteiger partial charge in [-0.1, -0.05) is 11.6 Å². The average Bonchev–Trinajstić information content (AvgIpc) is 2.21. The van der Waals surface area contributed by atoms with Crippen LogP contribution in [0, 0.1) is 12.7 Å². The number of amides is 1. The minimum Gasteiger partial charge on any atom is -0.384 e. The summed E-state index contributed by atoms with van der Waals surface area (Å²) in [6.07, 6.45) is -1.15. The second-order valence-corrected chi connectivity index (χ2v) is 4.03. The van der Waals surface area contributed by atoms with Crippen LogP contribution < -0.4 is 4.90 Å². The number of carbonyl (C=O) groups excluding carboxylic acids is 1. The fourth-order valence-electron chi connectivity index (χ4n) is 1.29. The lowest BCUT2D eigenvalue weighted by molar-refractivity contribution is -0.125. The van der Waals surface area contributed by atoms with Crippen LogP contribution in [0.5, 0.6) is 0 Å². The first-order valence-corrected chi connectivity index (χ1v) is 5.13. The summed E-state index contributed by atoms with van der Waals surface area (Å²) in [6, 6.07) is 2.62. The lowest BCUT2D eigenvalue weighted by Gasteiger charge is -2.20. The average molecular weight is 246 g/mol. The molecule has 0 saturated heterocycles. The molecular formula is C11H13ClFNO2. The molecule has 0 spiro atoms. The van der Waals surface area contributed by atoms with Gasteiger partial charge in [0, 0.05) is 7.05 Å². The van der Waals surface area contributed by atoms with Crippen molar-refractivity contribution in [2.24, 2.45) is 0 Å². The number of aliphatic hydroxyl groups excluding tert-OH is 1. The number of likely N-dealkylation sites (N-methyl/N-ethyl adjacent to an activating group) is 1. The summed E-state index contributed by atoms with van der Waals surface area (Å²) in [5.74, 6) is -0.977. The summed E-state index contributed by atoms with van der Waals surface area (Å²) in [7, 11) is 1.44. The molecule has 1 aromatic carbocycles. The Morgan fingerprint density at radius 1 is 1.56 bits per heavy atom. The van der Waals surface area contributed by atoms with Gasteiger partial charge in [-0.25, -0.2) is 4.39 Å². The van der Waals surface area contributed by atoms with Gasteiger partial charge in [0.1, 0.15) is 11.9 Å². The Morgan fingerprint density at radius 3 is 2.62 bits per heavy atom. The van der Waals surface area contributed by atoms with E-state index in [-0.39, 0.29) is 10.7 Å². The lowest BCUT2D eigenvalue weighted by Crippen LogP contribution is -2.34. The molecule has 1 unspecified atom stereocenters. The molecule has 1 amide bonds. The van der Waals surface area contributed by atoms with E-state index in [0.717, 1.165) is 4.90 Å². The number of halogens is 2. The first kappa shape index (κ1) is 12.9. The molecule has 0 bridgehead atoms. The molecule has 0 saturated carbocycles. The molecule has 3 nitrogen and oxygen atoms in total. The van der Waals surface area contributed by atoms with Crippen LogP contribution in [-0.2, 0) is 4.79 Å². The van der Waals surface area contributed by atoms with Crippen molar-refractivity contribution in [1.29, 1.82) is 0 Å². The topological polar surface area (TPSA) is 40.5 Å². The van der Waals surface area contributed by atoms with Crippen molar-refractivity contribution in [1.82, 2.24) is 0 Å². The zero-order chi connectivity index (χ0) is 12.5. The third-order valence-electron chi connectivity index (χ3n) is 2.28. The maximum Gasteiger partial charge on any atom is 0.255 e. The number of rotatable bonds is 2. The van der Waals surface area contributed by atoms with Gasteiger partial charge in [0.25, 0.3) is 5.91 Å². The molecule has 0 fully saturated rings. The highest BCUT2D eigenvalue weighted by Crippen LogP contribution is 2.28. The van der Waals surface area contributed by atoms with Gasteiger partial charge in [-0.3, -0.25) is 4.79 Å². The van der Waals surface area contributed by atoms with Gasteiger partial charge >= 0.3 is 0 Å². The summed E-state index contributed by atoms with van der Waals surface area (Å²) < 4.78 is 13.3. The number of anilines is 1. The van der Waals surface area contributed by atoms with Gasteiger partial charge in [0.2, 0.25) is 0 Å². The van der Waals surface area contributed by atoms with Crippen LogP contribution in [0.25, 0.3) is 0 Å². The Morgan fingerprint density at radius 2 is 2.12 bits per heavy atom. The highest BCUT2D eigenvalue weighted by Gasteiger charge is 2.19. The number of hydrogen-bond acceptors (Lipinski definition) is 2. The lowest BCUT2D eigenvalue weighted by atomic mass is 10.2. The van der Waals surface area contributed by atoms with Crippen molar-refractivity contribution in [3.05, 3.63) is 28.5 Å². The maximum absolute atomic E-state index is 13.3. The fraction of sp³-hybridized carbons (Fsp3) is 0.364.